The monoisotopic (exact) mass is 677 g/mol. The van der Waals surface area contributed by atoms with Gasteiger partial charge in [-0.25, -0.2) is 9.97 Å². The molecule has 2 amide bonds. The predicted molar refractivity (Wildman–Crippen MR) is 186 cm³/mol. The SMILES string of the molecule is CN1Cc2c(cnn2C2CN(Cc3cccc(C(=O)N4CCCC4)n3)C2)-c2cccc(Nc3cc(NC(=O)C4CC4)nc4cc(Cl)nn34)c21. The van der Waals surface area contributed by atoms with Crippen molar-refractivity contribution in [2.45, 2.75) is 44.8 Å². The molecule has 250 valence electrons. The summed E-state index contributed by atoms with van der Waals surface area (Å²) in [6.45, 7) is 4.77. The van der Waals surface area contributed by atoms with Crippen molar-refractivity contribution < 1.29 is 9.59 Å². The number of anilines is 4. The summed E-state index contributed by atoms with van der Waals surface area (Å²) in [5, 5.41) is 16.2. The molecule has 2 saturated heterocycles. The van der Waals surface area contributed by atoms with E-state index in [2.05, 4.69) is 48.3 Å². The molecule has 0 bridgehead atoms. The largest absolute Gasteiger partial charge is 0.366 e. The Morgan fingerprint density at radius 2 is 1.82 bits per heavy atom. The number of nitrogens with zero attached hydrogens (tertiary/aromatic N) is 9. The Morgan fingerprint density at radius 3 is 2.63 bits per heavy atom. The zero-order valence-corrected chi connectivity index (χ0v) is 27.9. The second kappa shape index (κ2) is 11.8. The van der Waals surface area contributed by atoms with Crippen LogP contribution in [0.3, 0.4) is 0 Å². The van der Waals surface area contributed by atoms with Crippen molar-refractivity contribution in [3.05, 3.63) is 77.0 Å². The fourth-order valence-electron chi connectivity index (χ4n) is 7.30. The fraction of sp³-hybridized carbons (Fsp3) is 0.371. The Kier molecular flexibility index (Phi) is 7.27. The smallest absolute Gasteiger partial charge is 0.272 e. The Labute approximate surface area is 287 Å². The van der Waals surface area contributed by atoms with Crippen molar-refractivity contribution in [3.63, 3.8) is 0 Å². The van der Waals surface area contributed by atoms with Gasteiger partial charge in [-0.05, 0) is 43.9 Å². The van der Waals surface area contributed by atoms with Gasteiger partial charge in [0.15, 0.2) is 10.8 Å². The van der Waals surface area contributed by atoms with Gasteiger partial charge in [-0.2, -0.15) is 14.7 Å². The molecule has 9 rings (SSSR count). The molecule has 1 aliphatic carbocycles. The molecule has 13 nitrogen and oxygen atoms in total. The Morgan fingerprint density at radius 1 is 1.00 bits per heavy atom. The number of hydrogen-bond donors (Lipinski definition) is 2. The van der Waals surface area contributed by atoms with Crippen molar-refractivity contribution in [1.82, 2.24) is 39.2 Å². The van der Waals surface area contributed by atoms with E-state index in [4.69, 9.17) is 21.7 Å². The first-order chi connectivity index (χ1) is 23.9. The summed E-state index contributed by atoms with van der Waals surface area (Å²) in [6, 6.07) is 15.7. The number of amides is 2. The number of carbonyl (C=O) groups excluding carboxylic acids is 2. The van der Waals surface area contributed by atoms with Crippen LogP contribution in [-0.4, -0.2) is 84.2 Å². The number of pyridine rings is 1. The Hall–Kier alpha value is -5.01. The Bertz CT molecular complexity index is 2110. The average Bonchev–Trinajstić information content (AvgIpc) is 3.42. The number of likely N-dealkylation sites (tertiary alicyclic amines) is 2. The summed E-state index contributed by atoms with van der Waals surface area (Å²) < 4.78 is 3.83. The van der Waals surface area contributed by atoms with Crippen LogP contribution in [0.15, 0.2) is 54.7 Å². The van der Waals surface area contributed by atoms with E-state index in [9.17, 15) is 9.59 Å². The molecule has 4 aliphatic rings. The topological polar surface area (TPSA) is 129 Å². The van der Waals surface area contributed by atoms with E-state index in [-0.39, 0.29) is 23.8 Å². The molecule has 1 saturated carbocycles. The zero-order valence-electron chi connectivity index (χ0n) is 27.1. The molecule has 0 radical (unpaired) electrons. The number of carbonyl (C=O) groups is 2. The molecule has 1 aromatic carbocycles. The summed E-state index contributed by atoms with van der Waals surface area (Å²) in [7, 11) is 2.09. The number of halogens is 1. The zero-order chi connectivity index (χ0) is 33.2. The third-order valence-corrected chi connectivity index (χ3v) is 10.1. The average molecular weight is 678 g/mol. The molecule has 3 fully saturated rings. The molecule has 5 aromatic rings. The van der Waals surface area contributed by atoms with Gasteiger partial charge >= 0.3 is 0 Å². The summed E-state index contributed by atoms with van der Waals surface area (Å²) in [6.07, 6.45) is 5.93. The molecular formula is C35H36ClN11O2. The minimum atomic E-state index is -0.0142. The van der Waals surface area contributed by atoms with Crippen LogP contribution in [0.2, 0.25) is 5.15 Å². The van der Waals surface area contributed by atoms with E-state index in [1.165, 1.54) is 5.69 Å². The molecule has 0 spiro atoms. The number of nitrogens with one attached hydrogen (secondary N) is 2. The molecular weight excluding hydrogens is 642 g/mol. The van der Waals surface area contributed by atoms with Crippen LogP contribution < -0.4 is 15.5 Å². The van der Waals surface area contributed by atoms with Crippen LogP contribution in [-0.2, 0) is 17.9 Å². The molecule has 14 heteroatoms. The first-order valence-corrected chi connectivity index (χ1v) is 17.3. The van der Waals surface area contributed by atoms with Crippen molar-refractivity contribution in [1.29, 1.82) is 0 Å². The quantitative estimate of drug-likeness (QED) is 0.234. The first kappa shape index (κ1) is 30.1. The number of fused-ring (bicyclic) bond motifs is 4. The minimum absolute atomic E-state index is 0.0142. The number of hydrogen-bond acceptors (Lipinski definition) is 9. The fourth-order valence-corrected chi connectivity index (χ4v) is 7.47. The van der Waals surface area contributed by atoms with Gasteiger partial charge in [-0.1, -0.05) is 29.8 Å². The van der Waals surface area contributed by atoms with E-state index >= 15 is 0 Å². The van der Waals surface area contributed by atoms with E-state index in [1.54, 1.807) is 16.6 Å². The van der Waals surface area contributed by atoms with E-state index < -0.39 is 0 Å². The lowest BCUT2D eigenvalue weighted by atomic mass is 9.97. The van der Waals surface area contributed by atoms with Gasteiger partial charge in [0.25, 0.3) is 5.91 Å². The molecule has 3 aliphatic heterocycles. The molecule has 2 N–H and O–H groups in total. The molecule has 49 heavy (non-hydrogen) atoms. The van der Waals surface area contributed by atoms with Crippen LogP contribution in [0.4, 0.5) is 23.0 Å². The van der Waals surface area contributed by atoms with Crippen LogP contribution in [0.1, 0.15) is 53.6 Å². The number of aromatic nitrogens is 6. The normalized spacial score (nSPS) is 17.6. The summed E-state index contributed by atoms with van der Waals surface area (Å²) in [5.41, 5.74) is 7.32. The van der Waals surface area contributed by atoms with E-state index in [0.717, 1.165) is 80.1 Å². The highest BCUT2D eigenvalue weighted by molar-refractivity contribution is 6.29. The molecule has 0 unspecified atom stereocenters. The van der Waals surface area contributed by atoms with Gasteiger partial charge in [-0.3, -0.25) is 19.2 Å². The number of benzene rings is 1. The third kappa shape index (κ3) is 5.56. The summed E-state index contributed by atoms with van der Waals surface area (Å²) in [4.78, 5) is 41.2. The van der Waals surface area contributed by atoms with Crippen LogP contribution in [0.25, 0.3) is 16.8 Å². The van der Waals surface area contributed by atoms with Gasteiger partial charge in [0.2, 0.25) is 5.91 Å². The van der Waals surface area contributed by atoms with Crippen molar-refractivity contribution >= 4 is 52.1 Å². The first-order valence-electron chi connectivity index (χ1n) is 16.9. The van der Waals surface area contributed by atoms with Gasteiger partial charge in [-0.15, -0.1) is 0 Å². The van der Waals surface area contributed by atoms with Gasteiger partial charge < -0.3 is 20.4 Å². The van der Waals surface area contributed by atoms with Crippen molar-refractivity contribution in [3.8, 4) is 11.1 Å². The molecule has 0 atom stereocenters. The number of rotatable bonds is 8. The van der Waals surface area contributed by atoms with Crippen LogP contribution >= 0.6 is 11.6 Å². The lowest BCUT2D eigenvalue weighted by Crippen LogP contribution is -2.48. The molecule has 7 heterocycles. The van der Waals surface area contributed by atoms with Crippen LogP contribution in [0, 0.1) is 5.92 Å². The second-order valence-corrected chi connectivity index (χ2v) is 13.9. The number of para-hydroxylation sites is 1. The van der Waals surface area contributed by atoms with Crippen molar-refractivity contribution in [2.75, 3.05) is 48.8 Å². The highest BCUT2D eigenvalue weighted by Gasteiger charge is 2.35. The highest BCUT2D eigenvalue weighted by Crippen LogP contribution is 2.45. The lowest BCUT2D eigenvalue weighted by Gasteiger charge is -2.40. The standard InChI is InChI=1S/C35H36ClN11O2/c1-43-20-28-25(16-37-46(28)23-18-44(19-23)17-22-6-4-9-27(38-22)35(49)45-12-2-3-13-45)24-7-5-8-26(33(24)43)39-32-15-30(41-34(48)21-10-11-21)40-31-14-29(36)42-47(31)32/h4-9,14-16,21,23,39H,2-3,10-13,17-20H2,1H3,(H,40,41,48). The maximum absolute atomic E-state index is 12.9. The molecule has 4 aromatic heterocycles. The lowest BCUT2D eigenvalue weighted by molar-refractivity contribution is -0.117. The van der Waals surface area contributed by atoms with E-state index in [0.29, 0.717) is 41.2 Å². The third-order valence-electron chi connectivity index (χ3n) is 9.94. The maximum Gasteiger partial charge on any atom is 0.272 e. The van der Waals surface area contributed by atoms with Crippen molar-refractivity contribution in [2.24, 2.45) is 5.92 Å². The van der Waals surface area contributed by atoms with Gasteiger partial charge in [0.1, 0.15) is 17.3 Å². The van der Waals surface area contributed by atoms with Crippen LogP contribution in [0.5, 0.6) is 0 Å². The summed E-state index contributed by atoms with van der Waals surface area (Å²) in [5.74, 6) is 1.18. The predicted octanol–water partition coefficient (Wildman–Crippen LogP) is 4.98. The Balaban J connectivity index is 0.932. The van der Waals surface area contributed by atoms with Gasteiger partial charge in [0, 0.05) is 68.9 Å². The summed E-state index contributed by atoms with van der Waals surface area (Å²) >= 11 is 6.28. The maximum atomic E-state index is 12.9. The van der Waals surface area contributed by atoms with Gasteiger partial charge in [0.05, 0.1) is 41.5 Å². The second-order valence-electron chi connectivity index (χ2n) is 13.5. The highest BCUT2D eigenvalue weighted by atomic mass is 35.5. The van der Waals surface area contributed by atoms with E-state index in [1.807, 2.05) is 41.4 Å². The minimum Gasteiger partial charge on any atom is -0.366 e.